The van der Waals surface area contributed by atoms with Crippen molar-refractivity contribution < 1.29 is 9.47 Å². The summed E-state index contributed by atoms with van der Waals surface area (Å²) in [6, 6.07) is 16.5. The Morgan fingerprint density at radius 1 is 1.07 bits per heavy atom. The van der Waals surface area contributed by atoms with Gasteiger partial charge in [-0.3, -0.25) is 9.89 Å². The Morgan fingerprint density at radius 3 is 2.36 bits per heavy atom. The highest BCUT2D eigenvalue weighted by molar-refractivity contribution is 14.0. The van der Waals surface area contributed by atoms with E-state index in [1.54, 1.807) is 21.3 Å². The van der Waals surface area contributed by atoms with Crippen LogP contribution in [0, 0.1) is 0 Å². The fourth-order valence-corrected chi connectivity index (χ4v) is 2.66. The van der Waals surface area contributed by atoms with E-state index in [2.05, 4.69) is 58.8 Å². The van der Waals surface area contributed by atoms with Crippen LogP contribution < -0.4 is 20.1 Å². The van der Waals surface area contributed by atoms with Crippen molar-refractivity contribution in [2.24, 2.45) is 4.99 Å². The molecule has 0 heterocycles. The molecule has 6 nitrogen and oxygen atoms in total. The molecule has 0 spiro atoms. The number of ether oxygens (including phenoxy) is 2. The number of nitrogens with one attached hydrogen (secondary N) is 2. The number of hydrogen-bond donors (Lipinski definition) is 2. The molecule has 0 fully saturated rings. The molecule has 0 radical (unpaired) electrons. The number of benzene rings is 2. The molecule has 0 saturated heterocycles. The minimum Gasteiger partial charge on any atom is -0.493 e. The first-order chi connectivity index (χ1) is 13.1. The monoisotopic (exact) mass is 498 g/mol. The molecular formula is C21H31IN4O2. The van der Waals surface area contributed by atoms with E-state index < -0.39 is 0 Å². The quantitative estimate of drug-likeness (QED) is 0.329. The summed E-state index contributed by atoms with van der Waals surface area (Å²) in [5.41, 5.74) is 2.19. The van der Waals surface area contributed by atoms with Crippen molar-refractivity contribution in [2.75, 3.05) is 40.2 Å². The van der Waals surface area contributed by atoms with Crippen LogP contribution in [0.15, 0.2) is 53.5 Å². The summed E-state index contributed by atoms with van der Waals surface area (Å²) in [7, 11) is 7.13. The Hall–Kier alpha value is -2.00. The van der Waals surface area contributed by atoms with Crippen LogP contribution in [0.2, 0.25) is 0 Å². The molecule has 0 bridgehead atoms. The van der Waals surface area contributed by atoms with Crippen LogP contribution >= 0.6 is 24.0 Å². The first-order valence-corrected chi connectivity index (χ1v) is 9.01. The largest absolute Gasteiger partial charge is 0.493 e. The number of guanidine groups is 1. The van der Waals surface area contributed by atoms with Crippen molar-refractivity contribution >= 4 is 35.6 Å². The molecule has 2 aromatic carbocycles. The van der Waals surface area contributed by atoms with E-state index in [1.165, 1.54) is 5.56 Å². The van der Waals surface area contributed by atoms with E-state index in [4.69, 9.17) is 9.47 Å². The average Bonchev–Trinajstić information content (AvgIpc) is 2.71. The molecule has 0 aliphatic rings. The van der Waals surface area contributed by atoms with Gasteiger partial charge in [0.25, 0.3) is 0 Å². The van der Waals surface area contributed by atoms with Crippen LogP contribution in [0.3, 0.4) is 0 Å². The lowest BCUT2D eigenvalue weighted by atomic mass is 10.2. The molecule has 28 heavy (non-hydrogen) atoms. The number of methoxy groups -OCH3 is 2. The molecule has 2 rings (SSSR count). The van der Waals surface area contributed by atoms with Gasteiger partial charge in [-0.1, -0.05) is 30.3 Å². The van der Waals surface area contributed by atoms with E-state index in [1.807, 2.05) is 24.3 Å². The number of aliphatic imine (C=N–C) groups is 1. The smallest absolute Gasteiger partial charge is 0.195 e. The maximum absolute atomic E-state index is 5.35. The molecular weight excluding hydrogens is 467 g/mol. The highest BCUT2D eigenvalue weighted by Gasteiger charge is 2.11. The van der Waals surface area contributed by atoms with E-state index >= 15 is 0 Å². The van der Waals surface area contributed by atoms with Crippen LogP contribution in [0.1, 0.15) is 12.5 Å². The zero-order valence-corrected chi connectivity index (χ0v) is 19.6. The maximum Gasteiger partial charge on any atom is 0.195 e. The number of anilines is 1. The molecule has 154 valence electrons. The maximum atomic E-state index is 5.35. The van der Waals surface area contributed by atoms with Gasteiger partial charge in [0.15, 0.2) is 17.5 Å². The van der Waals surface area contributed by atoms with Gasteiger partial charge in [-0.25, -0.2) is 0 Å². The molecule has 7 heteroatoms. The van der Waals surface area contributed by atoms with Crippen molar-refractivity contribution in [3.63, 3.8) is 0 Å². The lowest BCUT2D eigenvalue weighted by Gasteiger charge is -2.26. The van der Waals surface area contributed by atoms with Crippen molar-refractivity contribution in [2.45, 2.75) is 19.5 Å². The third-order valence-electron chi connectivity index (χ3n) is 4.46. The van der Waals surface area contributed by atoms with Gasteiger partial charge in [0.05, 0.1) is 14.2 Å². The summed E-state index contributed by atoms with van der Waals surface area (Å²) in [6.07, 6.45) is 0. The summed E-state index contributed by atoms with van der Waals surface area (Å²) in [4.78, 5) is 6.61. The van der Waals surface area contributed by atoms with Crippen LogP contribution in [-0.4, -0.2) is 51.8 Å². The second-order valence-electron chi connectivity index (χ2n) is 6.40. The Morgan fingerprint density at radius 2 is 1.75 bits per heavy atom. The van der Waals surface area contributed by atoms with E-state index in [-0.39, 0.29) is 24.0 Å². The molecule has 1 atom stereocenters. The number of likely N-dealkylation sites (N-methyl/N-ethyl adjacent to an activating group) is 1. The van der Waals surface area contributed by atoms with E-state index in [0.29, 0.717) is 23.5 Å². The summed E-state index contributed by atoms with van der Waals surface area (Å²) >= 11 is 0. The average molecular weight is 498 g/mol. The van der Waals surface area contributed by atoms with Gasteiger partial charge in [-0.2, -0.15) is 0 Å². The topological polar surface area (TPSA) is 58.1 Å². The van der Waals surface area contributed by atoms with Crippen LogP contribution in [0.5, 0.6) is 11.5 Å². The van der Waals surface area contributed by atoms with E-state index in [0.717, 1.165) is 18.8 Å². The molecule has 0 aliphatic carbocycles. The third kappa shape index (κ3) is 7.20. The zero-order chi connectivity index (χ0) is 19.6. The summed E-state index contributed by atoms with van der Waals surface area (Å²) in [5.74, 6) is 2.08. The third-order valence-corrected chi connectivity index (χ3v) is 4.46. The normalized spacial score (nSPS) is 12.1. The van der Waals surface area contributed by atoms with Crippen LogP contribution in [0.25, 0.3) is 0 Å². The SMILES string of the molecule is CN=C(NCC(C)N(C)Cc1ccccc1)Nc1ccc(OC)c(OC)c1.I. The molecule has 0 aliphatic heterocycles. The molecule has 1 unspecified atom stereocenters. The number of nitrogens with zero attached hydrogens (tertiary/aromatic N) is 2. The fraction of sp³-hybridized carbons (Fsp3) is 0.381. The van der Waals surface area contributed by atoms with Gasteiger partial charge in [0.2, 0.25) is 0 Å². The second-order valence-corrected chi connectivity index (χ2v) is 6.40. The number of halogens is 1. The van der Waals surface area contributed by atoms with E-state index in [9.17, 15) is 0 Å². The van der Waals surface area contributed by atoms with Gasteiger partial charge in [-0.05, 0) is 31.7 Å². The van der Waals surface area contributed by atoms with Crippen molar-refractivity contribution in [3.05, 3.63) is 54.1 Å². The molecule has 0 amide bonds. The molecule has 0 saturated carbocycles. The number of rotatable bonds is 8. The minimum atomic E-state index is 0. The van der Waals surface area contributed by atoms with Gasteiger partial charge in [0.1, 0.15) is 0 Å². The molecule has 0 aromatic heterocycles. The highest BCUT2D eigenvalue weighted by atomic mass is 127. The van der Waals surface area contributed by atoms with Gasteiger partial charge in [-0.15, -0.1) is 24.0 Å². The predicted molar refractivity (Wildman–Crippen MR) is 127 cm³/mol. The summed E-state index contributed by atoms with van der Waals surface area (Å²) < 4.78 is 10.6. The minimum absolute atomic E-state index is 0. The molecule has 2 N–H and O–H groups in total. The lowest BCUT2D eigenvalue weighted by Crippen LogP contribution is -2.42. The Kier molecular flexibility index (Phi) is 10.7. The second kappa shape index (κ2) is 12.5. The summed E-state index contributed by atoms with van der Waals surface area (Å²) in [6.45, 7) is 3.88. The molecule has 2 aromatic rings. The fourth-order valence-electron chi connectivity index (χ4n) is 2.66. The predicted octanol–water partition coefficient (Wildman–Crippen LogP) is 3.83. The standard InChI is InChI=1S/C21H30N4O2.HI/c1-16(25(3)15-17-9-7-6-8-10-17)14-23-21(22-2)24-18-11-12-19(26-4)20(13-18)27-5;/h6-13,16H,14-15H2,1-5H3,(H2,22,23,24);1H. The van der Waals surface area contributed by atoms with Gasteiger partial charge in [0, 0.05) is 37.9 Å². The van der Waals surface area contributed by atoms with Crippen LogP contribution in [0.4, 0.5) is 5.69 Å². The first kappa shape index (κ1) is 24.0. The number of hydrogen-bond acceptors (Lipinski definition) is 4. The Bertz CT molecular complexity index is 740. The zero-order valence-electron chi connectivity index (χ0n) is 17.2. The van der Waals surface area contributed by atoms with Gasteiger partial charge < -0.3 is 20.1 Å². The van der Waals surface area contributed by atoms with Crippen molar-refractivity contribution in [3.8, 4) is 11.5 Å². The van der Waals surface area contributed by atoms with Crippen molar-refractivity contribution in [1.82, 2.24) is 10.2 Å². The first-order valence-electron chi connectivity index (χ1n) is 9.01. The lowest BCUT2D eigenvalue weighted by molar-refractivity contribution is 0.249. The highest BCUT2D eigenvalue weighted by Crippen LogP contribution is 2.29. The van der Waals surface area contributed by atoms with Gasteiger partial charge >= 0.3 is 0 Å². The Labute approximate surface area is 185 Å². The van der Waals surface area contributed by atoms with Crippen molar-refractivity contribution in [1.29, 1.82) is 0 Å². The summed E-state index contributed by atoms with van der Waals surface area (Å²) in [5, 5.41) is 6.66. The Balaban J connectivity index is 0.00000392. The van der Waals surface area contributed by atoms with Crippen LogP contribution in [-0.2, 0) is 6.54 Å².